The standard InChI is InChI=1S/C27H23F2N7O3/c1-4-22(37)35-10-7-15(14-35)36-26-17(19-13-31-8-9-32-19)12-33-27(30)23(26)18(34-36)6-5-16-24(28)20(38-2)11-21(39-3)25(16)29/h4,8-9,11-13,15H,1,7,10,14H2,2-3H3,(H2,30,33)/t15-/m0/s1. The number of methoxy groups -OCH3 is 2. The molecule has 0 unspecified atom stereocenters. The van der Waals surface area contributed by atoms with E-state index in [1.807, 2.05) is 0 Å². The number of nitrogen functional groups attached to an aromatic ring is 1. The van der Waals surface area contributed by atoms with Crippen LogP contribution in [0.15, 0.2) is 43.5 Å². The number of likely N-dealkylation sites (tertiary alicyclic amines) is 1. The van der Waals surface area contributed by atoms with Gasteiger partial charge in [-0.3, -0.25) is 19.4 Å². The highest BCUT2D eigenvalue weighted by atomic mass is 19.1. The van der Waals surface area contributed by atoms with Gasteiger partial charge in [0.25, 0.3) is 0 Å². The minimum Gasteiger partial charge on any atom is -0.493 e. The van der Waals surface area contributed by atoms with Gasteiger partial charge in [0.15, 0.2) is 23.1 Å². The minimum absolute atomic E-state index is 0.120. The zero-order chi connectivity index (χ0) is 27.7. The molecule has 4 aromatic rings. The molecular weight excluding hydrogens is 508 g/mol. The Balaban J connectivity index is 1.73. The lowest BCUT2D eigenvalue weighted by Crippen LogP contribution is -2.27. The number of amides is 1. The number of anilines is 1. The Bertz CT molecular complexity index is 1630. The molecule has 1 saturated heterocycles. The Morgan fingerprint density at radius 2 is 1.90 bits per heavy atom. The Morgan fingerprint density at radius 1 is 1.15 bits per heavy atom. The molecule has 0 aliphatic carbocycles. The van der Waals surface area contributed by atoms with Gasteiger partial charge in [-0.2, -0.15) is 5.10 Å². The van der Waals surface area contributed by atoms with Gasteiger partial charge in [-0.1, -0.05) is 12.5 Å². The molecule has 39 heavy (non-hydrogen) atoms. The molecule has 12 heteroatoms. The number of aromatic nitrogens is 5. The third-order valence-electron chi connectivity index (χ3n) is 6.47. The van der Waals surface area contributed by atoms with E-state index in [1.165, 1.54) is 20.3 Å². The summed E-state index contributed by atoms with van der Waals surface area (Å²) in [6.45, 7) is 4.43. The number of halogens is 2. The van der Waals surface area contributed by atoms with Gasteiger partial charge in [0, 0.05) is 43.3 Å². The maximum absolute atomic E-state index is 15.0. The van der Waals surface area contributed by atoms with Crippen molar-refractivity contribution in [2.24, 2.45) is 0 Å². The zero-order valence-corrected chi connectivity index (χ0v) is 21.1. The summed E-state index contributed by atoms with van der Waals surface area (Å²) < 4.78 is 41.7. The van der Waals surface area contributed by atoms with Gasteiger partial charge in [0.2, 0.25) is 5.91 Å². The van der Waals surface area contributed by atoms with Gasteiger partial charge in [-0.15, -0.1) is 0 Å². The lowest BCUT2D eigenvalue weighted by Gasteiger charge is -2.16. The summed E-state index contributed by atoms with van der Waals surface area (Å²) in [5.74, 6) is 2.83. The number of nitrogens with zero attached hydrogens (tertiary/aromatic N) is 6. The number of ether oxygens (including phenoxy) is 2. The molecule has 3 aromatic heterocycles. The van der Waals surface area contributed by atoms with Crippen LogP contribution in [-0.2, 0) is 4.79 Å². The molecule has 1 aliphatic heterocycles. The molecule has 0 radical (unpaired) electrons. The van der Waals surface area contributed by atoms with Gasteiger partial charge >= 0.3 is 0 Å². The zero-order valence-electron chi connectivity index (χ0n) is 21.1. The predicted octanol–water partition coefficient (Wildman–Crippen LogP) is 3.13. The first-order valence-corrected chi connectivity index (χ1v) is 11.8. The topological polar surface area (TPSA) is 121 Å². The molecule has 1 fully saturated rings. The average molecular weight is 532 g/mol. The van der Waals surface area contributed by atoms with Gasteiger partial charge in [0.1, 0.15) is 17.1 Å². The fraction of sp³-hybridized carbons (Fsp3) is 0.222. The Kier molecular flexibility index (Phi) is 6.81. The lowest BCUT2D eigenvalue weighted by atomic mass is 10.1. The molecule has 1 amide bonds. The lowest BCUT2D eigenvalue weighted by molar-refractivity contribution is -0.125. The van der Waals surface area contributed by atoms with Crippen molar-refractivity contribution in [3.05, 3.63) is 66.4 Å². The van der Waals surface area contributed by atoms with E-state index in [-0.39, 0.29) is 35.0 Å². The van der Waals surface area contributed by atoms with Crippen molar-refractivity contribution in [3.8, 4) is 34.6 Å². The van der Waals surface area contributed by atoms with Gasteiger partial charge < -0.3 is 20.1 Å². The Morgan fingerprint density at radius 3 is 2.54 bits per heavy atom. The number of benzene rings is 1. The van der Waals surface area contributed by atoms with E-state index in [4.69, 9.17) is 20.3 Å². The van der Waals surface area contributed by atoms with E-state index in [9.17, 15) is 13.6 Å². The highest BCUT2D eigenvalue weighted by molar-refractivity contribution is 6.01. The molecule has 1 aliphatic rings. The molecule has 5 rings (SSSR count). The summed E-state index contributed by atoms with van der Waals surface area (Å²) in [4.78, 5) is 26.8. The summed E-state index contributed by atoms with van der Waals surface area (Å²) >= 11 is 0. The van der Waals surface area contributed by atoms with Crippen LogP contribution in [0.25, 0.3) is 22.2 Å². The van der Waals surface area contributed by atoms with Crippen LogP contribution in [0.3, 0.4) is 0 Å². The molecule has 4 heterocycles. The van der Waals surface area contributed by atoms with E-state index in [0.29, 0.717) is 41.7 Å². The first-order valence-electron chi connectivity index (χ1n) is 11.8. The normalized spacial score (nSPS) is 14.7. The third kappa shape index (κ3) is 4.48. The predicted molar refractivity (Wildman–Crippen MR) is 139 cm³/mol. The number of hydrogen-bond donors (Lipinski definition) is 1. The number of hydrogen-bond acceptors (Lipinski definition) is 8. The average Bonchev–Trinajstić information content (AvgIpc) is 3.59. The molecule has 10 nitrogen and oxygen atoms in total. The maximum Gasteiger partial charge on any atom is 0.246 e. The second-order valence-electron chi connectivity index (χ2n) is 8.63. The van der Waals surface area contributed by atoms with Crippen molar-refractivity contribution in [2.75, 3.05) is 33.0 Å². The van der Waals surface area contributed by atoms with Crippen LogP contribution in [0.5, 0.6) is 11.5 Å². The second-order valence-corrected chi connectivity index (χ2v) is 8.63. The van der Waals surface area contributed by atoms with Gasteiger partial charge in [-0.05, 0) is 18.4 Å². The van der Waals surface area contributed by atoms with Gasteiger partial charge in [-0.25, -0.2) is 13.8 Å². The number of carbonyl (C=O) groups is 1. The van der Waals surface area contributed by atoms with Crippen molar-refractivity contribution < 1.29 is 23.0 Å². The van der Waals surface area contributed by atoms with E-state index >= 15 is 0 Å². The van der Waals surface area contributed by atoms with E-state index in [2.05, 4.69) is 33.4 Å². The molecular formula is C27H23F2N7O3. The minimum atomic E-state index is -0.979. The van der Waals surface area contributed by atoms with Crippen molar-refractivity contribution in [3.63, 3.8) is 0 Å². The number of fused-ring (bicyclic) bond motifs is 1. The van der Waals surface area contributed by atoms with Crippen molar-refractivity contribution >= 4 is 22.6 Å². The highest BCUT2D eigenvalue weighted by Crippen LogP contribution is 2.36. The third-order valence-corrected chi connectivity index (χ3v) is 6.47. The molecule has 0 saturated carbocycles. The van der Waals surface area contributed by atoms with Crippen LogP contribution in [0.4, 0.5) is 14.6 Å². The summed E-state index contributed by atoms with van der Waals surface area (Å²) in [6.07, 6.45) is 8.08. The maximum atomic E-state index is 15.0. The Labute approximate surface area is 222 Å². The molecule has 198 valence electrons. The highest BCUT2D eigenvalue weighted by Gasteiger charge is 2.30. The SMILES string of the molecule is C=CC(=O)N1CC[C@H](n2nc(C#Cc3c(F)c(OC)cc(OC)c3F)c3c(N)ncc(-c4cnccn4)c32)C1. The van der Waals surface area contributed by atoms with Crippen molar-refractivity contribution in [2.45, 2.75) is 12.5 Å². The fourth-order valence-corrected chi connectivity index (χ4v) is 4.56. The summed E-state index contributed by atoms with van der Waals surface area (Å²) in [7, 11) is 2.51. The van der Waals surface area contributed by atoms with Crippen LogP contribution < -0.4 is 15.2 Å². The number of pyridine rings is 1. The summed E-state index contributed by atoms with van der Waals surface area (Å²) in [6, 6.07) is 0.861. The van der Waals surface area contributed by atoms with E-state index < -0.39 is 17.2 Å². The molecule has 2 N–H and O–H groups in total. The smallest absolute Gasteiger partial charge is 0.246 e. The van der Waals surface area contributed by atoms with Crippen LogP contribution in [-0.4, -0.2) is 62.8 Å². The van der Waals surface area contributed by atoms with Crippen LogP contribution >= 0.6 is 0 Å². The quantitative estimate of drug-likeness (QED) is 0.308. The first-order chi connectivity index (χ1) is 18.9. The molecule has 1 atom stereocenters. The van der Waals surface area contributed by atoms with Gasteiger partial charge in [0.05, 0.1) is 43.1 Å². The molecule has 0 bridgehead atoms. The largest absolute Gasteiger partial charge is 0.493 e. The summed E-state index contributed by atoms with van der Waals surface area (Å²) in [5.41, 5.74) is 7.57. The molecule has 0 spiro atoms. The summed E-state index contributed by atoms with van der Waals surface area (Å²) in [5, 5.41) is 5.09. The Hall–Kier alpha value is -5.05. The van der Waals surface area contributed by atoms with Crippen LogP contribution in [0.2, 0.25) is 0 Å². The van der Waals surface area contributed by atoms with Crippen molar-refractivity contribution in [1.82, 2.24) is 29.6 Å². The number of nitrogens with two attached hydrogens (primary N) is 1. The molecule has 1 aromatic carbocycles. The number of carbonyl (C=O) groups excluding carboxylic acids is 1. The van der Waals surface area contributed by atoms with Crippen LogP contribution in [0, 0.1) is 23.5 Å². The van der Waals surface area contributed by atoms with Crippen LogP contribution in [0.1, 0.15) is 23.7 Å². The fourth-order valence-electron chi connectivity index (χ4n) is 4.56. The van der Waals surface area contributed by atoms with E-state index in [1.54, 1.807) is 34.4 Å². The monoisotopic (exact) mass is 531 g/mol. The first kappa shape index (κ1) is 25.6. The van der Waals surface area contributed by atoms with Crippen molar-refractivity contribution in [1.29, 1.82) is 0 Å². The second kappa shape index (κ2) is 10.4. The van der Waals surface area contributed by atoms with E-state index in [0.717, 1.165) is 6.07 Å². The number of rotatable bonds is 5.